The fourth-order valence-electron chi connectivity index (χ4n) is 3.35. The predicted octanol–water partition coefficient (Wildman–Crippen LogP) is 2.01. The van der Waals surface area contributed by atoms with Crippen molar-refractivity contribution < 1.29 is 14.3 Å². The van der Waals surface area contributed by atoms with E-state index in [1.807, 2.05) is 33.8 Å². The number of aryl methyl sites for hydroxylation is 1. The summed E-state index contributed by atoms with van der Waals surface area (Å²) in [6, 6.07) is 2.06. The zero-order valence-electron chi connectivity index (χ0n) is 15.5. The number of hydrogen-bond acceptors (Lipinski definition) is 5. The summed E-state index contributed by atoms with van der Waals surface area (Å²) in [5.41, 5.74) is 2.42. The number of carbonyl (C=O) groups excluding carboxylic acids is 2. The Balaban J connectivity index is 1.72. The van der Waals surface area contributed by atoms with Gasteiger partial charge in [0.15, 0.2) is 0 Å². The Kier molecular flexibility index (Phi) is 4.34. The van der Waals surface area contributed by atoms with E-state index in [0.717, 1.165) is 35.7 Å². The van der Waals surface area contributed by atoms with Gasteiger partial charge in [0.2, 0.25) is 5.91 Å². The Morgan fingerprint density at radius 3 is 2.80 bits per heavy atom. The smallest absolute Gasteiger partial charge is 0.407 e. The minimum atomic E-state index is -0.504. The summed E-state index contributed by atoms with van der Waals surface area (Å²) in [4.78, 5) is 32.4. The molecule has 7 nitrogen and oxygen atoms in total. The molecule has 2 amide bonds. The van der Waals surface area contributed by atoms with Crippen molar-refractivity contribution in [1.82, 2.24) is 10.3 Å². The summed E-state index contributed by atoms with van der Waals surface area (Å²) >= 11 is 0. The molecule has 0 aliphatic carbocycles. The molecule has 3 heterocycles. The number of nitrogens with one attached hydrogen (secondary N) is 1. The molecule has 1 aromatic rings. The topological polar surface area (TPSA) is 74.8 Å². The molecular formula is C18H26N4O3. The molecular weight excluding hydrogens is 320 g/mol. The van der Waals surface area contributed by atoms with Gasteiger partial charge >= 0.3 is 6.09 Å². The van der Waals surface area contributed by atoms with Crippen LogP contribution in [0.4, 0.5) is 16.3 Å². The number of pyridine rings is 1. The van der Waals surface area contributed by atoms with Crippen LogP contribution in [0.3, 0.4) is 0 Å². The van der Waals surface area contributed by atoms with Gasteiger partial charge in [-0.25, -0.2) is 9.78 Å². The van der Waals surface area contributed by atoms with Crippen molar-refractivity contribution in [1.29, 1.82) is 0 Å². The maximum absolute atomic E-state index is 12.0. The number of aromatic nitrogens is 1. The molecule has 1 N–H and O–H groups in total. The molecule has 25 heavy (non-hydrogen) atoms. The van der Waals surface area contributed by atoms with Crippen molar-refractivity contribution in [3.63, 3.8) is 0 Å². The number of fused-ring (bicyclic) bond motifs is 1. The van der Waals surface area contributed by atoms with E-state index < -0.39 is 5.60 Å². The zero-order chi connectivity index (χ0) is 18.4. The van der Waals surface area contributed by atoms with Crippen LogP contribution in [-0.4, -0.2) is 48.8 Å². The highest BCUT2D eigenvalue weighted by molar-refractivity contribution is 6.01. The number of carbonyl (C=O) groups is 2. The van der Waals surface area contributed by atoms with E-state index in [9.17, 15) is 9.59 Å². The highest BCUT2D eigenvalue weighted by atomic mass is 16.6. The van der Waals surface area contributed by atoms with Crippen molar-refractivity contribution in [3.05, 3.63) is 17.3 Å². The molecule has 136 valence electrons. The van der Waals surface area contributed by atoms with E-state index >= 15 is 0 Å². The lowest BCUT2D eigenvalue weighted by Gasteiger charge is -2.24. The molecule has 0 spiro atoms. The molecule has 0 radical (unpaired) electrons. The van der Waals surface area contributed by atoms with E-state index in [1.54, 1.807) is 11.9 Å². The molecule has 1 saturated heterocycles. The second kappa shape index (κ2) is 6.20. The molecule has 0 saturated carbocycles. The molecule has 0 aromatic carbocycles. The number of anilines is 2. The van der Waals surface area contributed by atoms with Crippen LogP contribution in [0.25, 0.3) is 0 Å². The summed E-state index contributed by atoms with van der Waals surface area (Å²) in [6.07, 6.45) is 0.847. The van der Waals surface area contributed by atoms with Gasteiger partial charge in [-0.15, -0.1) is 0 Å². The molecule has 3 rings (SSSR count). The van der Waals surface area contributed by atoms with Gasteiger partial charge in [0, 0.05) is 37.1 Å². The predicted molar refractivity (Wildman–Crippen MR) is 96.1 cm³/mol. The van der Waals surface area contributed by atoms with Gasteiger partial charge < -0.3 is 15.0 Å². The molecule has 1 aromatic heterocycles. The third kappa shape index (κ3) is 3.70. The van der Waals surface area contributed by atoms with E-state index in [0.29, 0.717) is 13.0 Å². The minimum absolute atomic E-state index is 0.0359. The fourth-order valence-corrected chi connectivity index (χ4v) is 3.35. The average molecular weight is 346 g/mol. The minimum Gasteiger partial charge on any atom is -0.444 e. The van der Waals surface area contributed by atoms with Crippen LogP contribution in [0.1, 0.15) is 38.4 Å². The third-order valence-electron chi connectivity index (χ3n) is 4.48. The SMILES string of the molecule is Cc1cc(N2CC[C@@H](NC(=O)OC(C)(C)C)C2)c2c(n1)N(C)C(=O)C2. The second-order valence-electron chi connectivity index (χ2n) is 7.79. The van der Waals surface area contributed by atoms with Crippen LogP contribution < -0.4 is 15.1 Å². The Morgan fingerprint density at radius 2 is 2.12 bits per heavy atom. The summed E-state index contributed by atoms with van der Waals surface area (Å²) in [6.45, 7) is 9.02. The summed E-state index contributed by atoms with van der Waals surface area (Å²) in [5, 5.41) is 2.94. The van der Waals surface area contributed by atoms with E-state index in [4.69, 9.17) is 4.74 Å². The lowest BCUT2D eigenvalue weighted by atomic mass is 10.1. The summed E-state index contributed by atoms with van der Waals surface area (Å²) in [5.74, 6) is 0.820. The molecule has 1 fully saturated rings. The normalized spacial score (nSPS) is 20.0. The quantitative estimate of drug-likeness (QED) is 0.887. The largest absolute Gasteiger partial charge is 0.444 e. The summed E-state index contributed by atoms with van der Waals surface area (Å²) < 4.78 is 5.33. The number of nitrogens with zero attached hydrogens (tertiary/aromatic N) is 3. The Hall–Kier alpha value is -2.31. The van der Waals surface area contributed by atoms with Gasteiger partial charge in [-0.2, -0.15) is 0 Å². The van der Waals surface area contributed by atoms with Crippen LogP contribution in [-0.2, 0) is 16.0 Å². The van der Waals surface area contributed by atoms with E-state index in [2.05, 4.69) is 15.2 Å². The highest BCUT2D eigenvalue weighted by Gasteiger charge is 2.33. The van der Waals surface area contributed by atoms with Crippen LogP contribution in [0.2, 0.25) is 0 Å². The van der Waals surface area contributed by atoms with Crippen molar-refractivity contribution >= 4 is 23.5 Å². The van der Waals surface area contributed by atoms with E-state index in [1.165, 1.54) is 0 Å². The first-order valence-corrected chi connectivity index (χ1v) is 8.65. The lowest BCUT2D eigenvalue weighted by Crippen LogP contribution is -2.40. The monoisotopic (exact) mass is 346 g/mol. The van der Waals surface area contributed by atoms with Crippen molar-refractivity contribution in [2.45, 2.75) is 52.2 Å². The maximum atomic E-state index is 12.0. The first-order chi connectivity index (χ1) is 11.6. The van der Waals surface area contributed by atoms with Crippen molar-refractivity contribution in [3.8, 4) is 0 Å². The first kappa shape index (κ1) is 17.5. The zero-order valence-corrected chi connectivity index (χ0v) is 15.5. The van der Waals surface area contributed by atoms with Crippen LogP contribution in [0, 0.1) is 6.92 Å². The van der Waals surface area contributed by atoms with Gasteiger partial charge in [0.05, 0.1) is 12.5 Å². The lowest BCUT2D eigenvalue weighted by molar-refractivity contribution is -0.117. The number of ether oxygens (including phenoxy) is 1. The van der Waals surface area contributed by atoms with Crippen LogP contribution in [0.15, 0.2) is 6.07 Å². The number of alkyl carbamates (subject to hydrolysis) is 1. The van der Waals surface area contributed by atoms with Crippen LogP contribution in [0.5, 0.6) is 0 Å². The number of amides is 2. The molecule has 2 aliphatic rings. The van der Waals surface area contributed by atoms with Crippen molar-refractivity contribution in [2.24, 2.45) is 0 Å². The van der Waals surface area contributed by atoms with Gasteiger partial charge in [-0.1, -0.05) is 0 Å². The fraction of sp³-hybridized carbons (Fsp3) is 0.611. The average Bonchev–Trinajstić information content (AvgIpc) is 3.03. The number of likely N-dealkylation sites (N-methyl/N-ethyl adjacent to an activating group) is 1. The first-order valence-electron chi connectivity index (χ1n) is 8.65. The molecule has 7 heteroatoms. The Bertz CT molecular complexity index is 711. The molecule has 2 aliphatic heterocycles. The maximum Gasteiger partial charge on any atom is 0.407 e. The van der Waals surface area contributed by atoms with Crippen LogP contribution >= 0.6 is 0 Å². The molecule has 0 unspecified atom stereocenters. The van der Waals surface area contributed by atoms with Gasteiger partial charge in [-0.3, -0.25) is 9.69 Å². The standard InChI is InChI=1S/C18H26N4O3/c1-11-8-14(13-9-15(23)21(5)16(13)19-11)22-7-6-12(10-22)20-17(24)25-18(2,3)4/h8,12H,6-7,9-10H2,1-5H3,(H,20,24)/t12-/m1/s1. The molecule has 0 bridgehead atoms. The highest BCUT2D eigenvalue weighted by Crippen LogP contribution is 2.36. The van der Waals surface area contributed by atoms with Gasteiger partial charge in [-0.05, 0) is 40.2 Å². The Morgan fingerprint density at radius 1 is 1.40 bits per heavy atom. The summed E-state index contributed by atoms with van der Waals surface area (Å²) in [7, 11) is 1.77. The van der Waals surface area contributed by atoms with E-state index in [-0.39, 0.29) is 18.0 Å². The number of hydrogen-bond donors (Lipinski definition) is 1. The second-order valence-corrected chi connectivity index (χ2v) is 7.79. The van der Waals surface area contributed by atoms with Gasteiger partial charge in [0.1, 0.15) is 11.4 Å². The third-order valence-corrected chi connectivity index (χ3v) is 4.48. The number of rotatable bonds is 2. The van der Waals surface area contributed by atoms with Crippen molar-refractivity contribution in [2.75, 3.05) is 29.9 Å². The van der Waals surface area contributed by atoms with Gasteiger partial charge in [0.25, 0.3) is 0 Å². The Labute approximate surface area is 148 Å². The molecule has 1 atom stereocenters.